The van der Waals surface area contributed by atoms with Crippen LogP contribution in [0.3, 0.4) is 0 Å². The Bertz CT molecular complexity index is 1040. The molecule has 0 saturated carbocycles. The molecule has 0 unspecified atom stereocenters. The Labute approximate surface area is 204 Å². The van der Waals surface area contributed by atoms with E-state index in [1.54, 1.807) is 0 Å². The predicted octanol–water partition coefficient (Wildman–Crippen LogP) is 9.10. The van der Waals surface area contributed by atoms with E-state index in [0.29, 0.717) is 0 Å². The van der Waals surface area contributed by atoms with Gasteiger partial charge in [-0.1, -0.05) is 109 Å². The lowest BCUT2D eigenvalue weighted by atomic mass is 9.70. The molecule has 0 aromatic heterocycles. The summed E-state index contributed by atoms with van der Waals surface area (Å²) >= 11 is 0. The van der Waals surface area contributed by atoms with Crippen LogP contribution in [0.5, 0.6) is 0 Å². The van der Waals surface area contributed by atoms with Crippen molar-refractivity contribution in [3.63, 3.8) is 0 Å². The van der Waals surface area contributed by atoms with Gasteiger partial charge in [-0.15, -0.1) is 12.0 Å². The van der Waals surface area contributed by atoms with Crippen molar-refractivity contribution in [2.24, 2.45) is 0 Å². The van der Waals surface area contributed by atoms with Gasteiger partial charge < -0.3 is 0 Å². The fourth-order valence-electron chi connectivity index (χ4n) is 5.29. The summed E-state index contributed by atoms with van der Waals surface area (Å²) in [5.74, 6) is 6.44. The molecule has 2 aromatic carbocycles. The molecule has 0 aliphatic heterocycles. The van der Waals surface area contributed by atoms with Crippen molar-refractivity contribution < 1.29 is 0 Å². The van der Waals surface area contributed by atoms with E-state index in [1.807, 2.05) is 0 Å². The number of benzene rings is 2. The number of hydrogen-bond acceptors (Lipinski definition) is 0. The molecule has 0 bridgehead atoms. The maximum atomic E-state index is 5.86. The van der Waals surface area contributed by atoms with Gasteiger partial charge in [0.2, 0.25) is 0 Å². The van der Waals surface area contributed by atoms with E-state index in [0.717, 1.165) is 5.56 Å². The second kappa shape index (κ2) is 11.3. The highest BCUT2D eigenvalue weighted by molar-refractivity contribution is 6.83. The van der Waals surface area contributed by atoms with E-state index >= 15 is 0 Å². The van der Waals surface area contributed by atoms with Crippen molar-refractivity contribution in [2.45, 2.75) is 103 Å². The van der Waals surface area contributed by atoms with E-state index in [9.17, 15) is 0 Å². The van der Waals surface area contributed by atoms with Crippen molar-refractivity contribution >= 4 is 8.07 Å². The highest BCUT2D eigenvalue weighted by Crippen LogP contribution is 2.54. The molecule has 0 radical (unpaired) electrons. The molecule has 0 N–H and O–H groups in total. The normalized spacial score (nSPS) is 13.6. The van der Waals surface area contributed by atoms with Crippen LogP contribution in [0.1, 0.15) is 100 Å². The second-order valence-corrected chi connectivity index (χ2v) is 15.6. The van der Waals surface area contributed by atoms with Crippen LogP contribution in [0.2, 0.25) is 19.6 Å². The molecule has 2 aromatic rings. The molecule has 33 heavy (non-hydrogen) atoms. The molecule has 0 fully saturated rings. The lowest BCUT2D eigenvalue weighted by Crippen LogP contribution is -2.26. The van der Waals surface area contributed by atoms with Crippen molar-refractivity contribution in [1.82, 2.24) is 0 Å². The largest absolute Gasteiger partial charge is 0.129 e. The minimum Gasteiger partial charge on any atom is -0.127 e. The smallest absolute Gasteiger partial charge is 0.127 e. The Morgan fingerprint density at radius 1 is 0.727 bits per heavy atom. The van der Waals surface area contributed by atoms with Crippen molar-refractivity contribution in [3.05, 3.63) is 58.7 Å². The Kier molecular flexibility index (Phi) is 8.67. The summed E-state index contributed by atoms with van der Waals surface area (Å²) in [6, 6.07) is 13.7. The zero-order valence-corrected chi connectivity index (χ0v) is 22.6. The third-order valence-corrected chi connectivity index (χ3v) is 7.90. The third kappa shape index (κ3) is 6.02. The third-order valence-electron chi connectivity index (χ3n) is 7.02. The lowest BCUT2D eigenvalue weighted by Gasteiger charge is -2.33. The average molecular weight is 455 g/mol. The first-order valence-corrected chi connectivity index (χ1v) is 16.6. The van der Waals surface area contributed by atoms with Crippen molar-refractivity contribution in [1.29, 1.82) is 0 Å². The summed E-state index contributed by atoms with van der Waals surface area (Å²) in [7, 11) is -1.42. The second-order valence-electron chi connectivity index (χ2n) is 10.9. The van der Waals surface area contributed by atoms with Crippen molar-refractivity contribution in [3.8, 4) is 34.9 Å². The molecule has 1 aliphatic rings. The molecule has 0 heterocycles. The van der Waals surface area contributed by atoms with E-state index in [4.69, 9.17) is 6.42 Å². The summed E-state index contributed by atoms with van der Waals surface area (Å²) < 4.78 is 0. The number of fused-ring (bicyclic) bond motifs is 3. The Balaban J connectivity index is 2.13. The zero-order valence-electron chi connectivity index (χ0n) is 21.6. The van der Waals surface area contributed by atoms with Gasteiger partial charge in [0.05, 0.1) is 0 Å². The monoisotopic (exact) mass is 454 g/mol. The van der Waals surface area contributed by atoms with Gasteiger partial charge >= 0.3 is 0 Å². The number of unbranched alkanes of at least 4 members (excludes halogenated alkanes) is 6. The van der Waals surface area contributed by atoms with Crippen LogP contribution in [0.4, 0.5) is 0 Å². The van der Waals surface area contributed by atoms with Crippen LogP contribution in [-0.2, 0) is 5.41 Å². The fourth-order valence-corrected chi connectivity index (χ4v) is 5.81. The van der Waals surface area contributed by atoms with Gasteiger partial charge in [-0.2, -0.15) is 0 Å². The SMILES string of the molecule is C#Cc1ccc2c(c1)C(CCCCCC)(CCCCCC)c1cc(C#C[Si](C)(C)C)ccc1-2. The molecule has 3 rings (SSSR count). The fraction of sp³-hybridized carbons (Fsp3) is 0.500. The first kappa shape index (κ1) is 25.4. The molecular weight excluding hydrogens is 412 g/mol. The van der Waals surface area contributed by atoms with Gasteiger partial charge in [0.25, 0.3) is 0 Å². The molecule has 0 amide bonds. The Hall–Kier alpha value is -2.22. The standard InChI is InChI=1S/C32H42Si/c1-7-10-12-14-21-32(22-15-13-11-8-2)30-24-26(9-3)16-18-28(30)29-19-17-27(25-31(29)32)20-23-33(4,5)6/h3,16-19,24-25H,7-8,10-15,21-22H2,1-2,4-6H3. The molecular formula is C32H42Si. The Morgan fingerprint density at radius 2 is 1.24 bits per heavy atom. The molecule has 174 valence electrons. The highest BCUT2D eigenvalue weighted by Gasteiger charge is 2.42. The van der Waals surface area contributed by atoms with Gasteiger partial charge in [0.1, 0.15) is 8.07 Å². The minimum atomic E-state index is -1.42. The van der Waals surface area contributed by atoms with E-state index in [2.05, 4.69) is 87.3 Å². The summed E-state index contributed by atoms with van der Waals surface area (Å²) in [4.78, 5) is 0. The molecule has 0 nitrogen and oxygen atoms in total. The number of terminal acetylenes is 1. The van der Waals surface area contributed by atoms with E-state index in [1.165, 1.54) is 92.0 Å². The quantitative estimate of drug-likeness (QED) is 0.191. The van der Waals surface area contributed by atoms with Crippen LogP contribution < -0.4 is 0 Å². The molecule has 0 atom stereocenters. The van der Waals surface area contributed by atoms with Gasteiger partial charge in [-0.25, -0.2) is 0 Å². The van der Waals surface area contributed by atoms with E-state index < -0.39 is 8.07 Å². The number of hydrogen-bond donors (Lipinski definition) is 0. The van der Waals surface area contributed by atoms with E-state index in [-0.39, 0.29) is 5.41 Å². The predicted molar refractivity (Wildman–Crippen MR) is 148 cm³/mol. The summed E-state index contributed by atoms with van der Waals surface area (Å²) in [6.07, 6.45) is 18.6. The van der Waals surface area contributed by atoms with Crippen LogP contribution in [0.15, 0.2) is 36.4 Å². The number of rotatable bonds is 10. The summed E-state index contributed by atoms with van der Waals surface area (Å²) in [6.45, 7) is 11.5. The maximum absolute atomic E-state index is 5.86. The highest BCUT2D eigenvalue weighted by atomic mass is 28.3. The van der Waals surface area contributed by atoms with Gasteiger partial charge in [-0.3, -0.25) is 0 Å². The van der Waals surface area contributed by atoms with Crippen molar-refractivity contribution in [2.75, 3.05) is 0 Å². The van der Waals surface area contributed by atoms with Crippen LogP contribution in [0.25, 0.3) is 11.1 Å². The molecule has 1 heteroatoms. The summed E-state index contributed by atoms with van der Waals surface area (Å²) in [5.41, 5.74) is 11.6. The summed E-state index contributed by atoms with van der Waals surface area (Å²) in [5, 5.41) is 0. The van der Waals surface area contributed by atoms with Crippen LogP contribution in [-0.4, -0.2) is 8.07 Å². The lowest BCUT2D eigenvalue weighted by molar-refractivity contribution is 0.401. The maximum Gasteiger partial charge on any atom is 0.129 e. The molecule has 0 saturated heterocycles. The Morgan fingerprint density at radius 3 is 1.73 bits per heavy atom. The van der Waals surface area contributed by atoms with Crippen LogP contribution in [0, 0.1) is 23.8 Å². The van der Waals surface area contributed by atoms with Gasteiger partial charge in [0, 0.05) is 16.5 Å². The first-order valence-electron chi connectivity index (χ1n) is 13.1. The van der Waals surface area contributed by atoms with Gasteiger partial charge in [0.15, 0.2) is 0 Å². The topological polar surface area (TPSA) is 0 Å². The molecule has 0 spiro atoms. The van der Waals surface area contributed by atoms with Crippen LogP contribution >= 0.6 is 0 Å². The first-order chi connectivity index (χ1) is 15.8. The minimum absolute atomic E-state index is 0.0653. The zero-order chi connectivity index (χ0) is 23.9. The van der Waals surface area contributed by atoms with Gasteiger partial charge in [-0.05, 0) is 59.4 Å². The molecule has 1 aliphatic carbocycles. The average Bonchev–Trinajstić information content (AvgIpc) is 3.06.